The summed E-state index contributed by atoms with van der Waals surface area (Å²) in [6.45, 7) is 0. The number of nitrogens with zero attached hydrogens (tertiary/aromatic N) is 3. The predicted molar refractivity (Wildman–Crippen MR) is 98.2 cm³/mol. The third-order valence-corrected chi connectivity index (χ3v) is 3.78. The lowest BCUT2D eigenvalue weighted by Gasteiger charge is -2.11. The molecule has 0 saturated heterocycles. The van der Waals surface area contributed by atoms with E-state index in [9.17, 15) is 10.1 Å². The van der Waals surface area contributed by atoms with Gasteiger partial charge in [0.05, 0.1) is 15.6 Å². The van der Waals surface area contributed by atoms with Crippen molar-refractivity contribution in [3.8, 4) is 0 Å². The molecule has 126 valence electrons. The molecule has 7 nitrogen and oxygen atoms in total. The fourth-order valence-corrected chi connectivity index (χ4v) is 2.50. The van der Waals surface area contributed by atoms with Gasteiger partial charge in [0.1, 0.15) is 6.33 Å². The topological polar surface area (TPSA) is 93.0 Å². The molecule has 25 heavy (non-hydrogen) atoms. The van der Waals surface area contributed by atoms with Gasteiger partial charge in [-0.2, -0.15) is 0 Å². The van der Waals surface area contributed by atoms with Crippen molar-refractivity contribution in [1.29, 1.82) is 0 Å². The summed E-state index contributed by atoms with van der Waals surface area (Å²) < 4.78 is 0. The molecule has 0 bridgehead atoms. The maximum atomic E-state index is 11.6. The second-order valence-electron chi connectivity index (χ2n) is 4.92. The van der Waals surface area contributed by atoms with Gasteiger partial charge in [-0.1, -0.05) is 41.4 Å². The van der Waals surface area contributed by atoms with Crippen molar-refractivity contribution in [3.05, 3.63) is 75.0 Å². The van der Waals surface area contributed by atoms with E-state index in [1.54, 1.807) is 48.5 Å². The number of hydrogen-bond acceptors (Lipinski definition) is 6. The van der Waals surface area contributed by atoms with Crippen LogP contribution >= 0.6 is 23.2 Å². The number of hydrogen-bond donors (Lipinski definition) is 2. The van der Waals surface area contributed by atoms with Gasteiger partial charge in [-0.3, -0.25) is 10.1 Å². The predicted octanol–water partition coefficient (Wildman–Crippen LogP) is 5.18. The van der Waals surface area contributed by atoms with Gasteiger partial charge < -0.3 is 10.6 Å². The second kappa shape index (κ2) is 7.33. The van der Waals surface area contributed by atoms with Gasteiger partial charge in [-0.05, 0) is 30.3 Å². The van der Waals surface area contributed by atoms with Crippen LogP contribution in [0.5, 0.6) is 0 Å². The summed E-state index contributed by atoms with van der Waals surface area (Å²) >= 11 is 12.0. The molecular formula is C16H11Cl2N5O2. The Morgan fingerprint density at radius 3 is 2.36 bits per heavy atom. The summed E-state index contributed by atoms with van der Waals surface area (Å²) in [7, 11) is 0. The van der Waals surface area contributed by atoms with Gasteiger partial charge in [0, 0.05) is 10.7 Å². The molecule has 0 amide bonds. The lowest BCUT2D eigenvalue weighted by Crippen LogP contribution is -2.05. The molecule has 0 unspecified atom stereocenters. The molecule has 2 aromatic carbocycles. The molecule has 9 heteroatoms. The van der Waals surface area contributed by atoms with E-state index in [0.29, 0.717) is 21.4 Å². The monoisotopic (exact) mass is 375 g/mol. The first-order chi connectivity index (χ1) is 12.0. The molecule has 0 saturated carbocycles. The molecular weight excluding hydrogens is 365 g/mol. The zero-order valence-electron chi connectivity index (χ0n) is 12.6. The number of nitrogens with one attached hydrogen (secondary N) is 2. The molecule has 2 N–H and O–H groups in total. The lowest BCUT2D eigenvalue weighted by atomic mass is 10.3. The highest BCUT2D eigenvalue weighted by Crippen LogP contribution is 2.34. The number of halogens is 2. The Bertz CT molecular complexity index is 936. The summed E-state index contributed by atoms with van der Waals surface area (Å²) in [6, 6.07) is 13.7. The normalized spacial score (nSPS) is 10.3. The second-order valence-corrected chi connectivity index (χ2v) is 5.76. The van der Waals surface area contributed by atoms with Crippen molar-refractivity contribution in [1.82, 2.24) is 9.97 Å². The fourth-order valence-electron chi connectivity index (χ4n) is 2.13. The summed E-state index contributed by atoms with van der Waals surface area (Å²) in [5.41, 5.74) is 0.764. The van der Waals surface area contributed by atoms with E-state index in [4.69, 9.17) is 23.2 Å². The molecule has 0 atom stereocenters. The number of rotatable bonds is 5. The van der Waals surface area contributed by atoms with Gasteiger partial charge >= 0.3 is 5.69 Å². The summed E-state index contributed by atoms with van der Waals surface area (Å²) in [5, 5.41) is 18.2. The van der Waals surface area contributed by atoms with Crippen LogP contribution in [0.1, 0.15) is 0 Å². The average Bonchev–Trinajstić information content (AvgIpc) is 2.57. The molecule has 0 aliphatic rings. The van der Waals surface area contributed by atoms with Crippen LogP contribution in [0, 0.1) is 10.1 Å². The quantitative estimate of drug-likeness (QED) is 0.471. The first-order valence-corrected chi connectivity index (χ1v) is 7.83. The van der Waals surface area contributed by atoms with Crippen molar-refractivity contribution in [3.63, 3.8) is 0 Å². The summed E-state index contributed by atoms with van der Waals surface area (Å²) in [6.07, 6.45) is 1.22. The van der Waals surface area contributed by atoms with Crippen LogP contribution < -0.4 is 10.6 Å². The van der Waals surface area contributed by atoms with E-state index in [1.807, 2.05) is 0 Å². The first kappa shape index (κ1) is 16.9. The van der Waals surface area contributed by atoms with Crippen LogP contribution in [-0.2, 0) is 0 Å². The molecule has 3 rings (SSSR count). The summed E-state index contributed by atoms with van der Waals surface area (Å²) in [5.74, 6) is 0.0643. The Balaban J connectivity index is 2.00. The molecule has 0 spiro atoms. The molecule has 0 aliphatic carbocycles. The largest absolute Gasteiger partial charge is 0.353 e. The SMILES string of the molecule is O=[N+]([O-])c1c(Nc2cccc(Cl)c2)ncnc1Nc1ccccc1Cl. The number of anilines is 4. The van der Waals surface area contributed by atoms with E-state index in [2.05, 4.69) is 20.6 Å². The van der Waals surface area contributed by atoms with Crippen LogP contribution in [0.2, 0.25) is 10.0 Å². The molecule has 1 heterocycles. The highest BCUT2D eigenvalue weighted by atomic mass is 35.5. The number of para-hydroxylation sites is 1. The zero-order chi connectivity index (χ0) is 17.8. The lowest BCUT2D eigenvalue weighted by molar-refractivity contribution is -0.383. The average molecular weight is 376 g/mol. The van der Waals surface area contributed by atoms with Crippen LogP contribution in [0.15, 0.2) is 54.9 Å². The Morgan fingerprint density at radius 1 is 0.960 bits per heavy atom. The minimum Gasteiger partial charge on any atom is -0.334 e. The molecule has 1 aromatic heterocycles. The minimum atomic E-state index is -0.563. The van der Waals surface area contributed by atoms with Gasteiger partial charge in [0.2, 0.25) is 11.6 Å². The van der Waals surface area contributed by atoms with E-state index < -0.39 is 4.92 Å². The molecule has 3 aromatic rings. The van der Waals surface area contributed by atoms with Gasteiger partial charge in [-0.15, -0.1) is 0 Å². The highest BCUT2D eigenvalue weighted by Gasteiger charge is 2.23. The number of nitro groups is 1. The van der Waals surface area contributed by atoms with E-state index >= 15 is 0 Å². The highest BCUT2D eigenvalue weighted by molar-refractivity contribution is 6.33. The van der Waals surface area contributed by atoms with Crippen molar-refractivity contribution in [2.75, 3.05) is 10.6 Å². The van der Waals surface area contributed by atoms with Crippen LogP contribution in [0.4, 0.5) is 28.7 Å². The van der Waals surface area contributed by atoms with Gasteiger partial charge in [-0.25, -0.2) is 9.97 Å². The molecule has 0 radical (unpaired) electrons. The number of benzene rings is 2. The fraction of sp³-hybridized carbons (Fsp3) is 0. The Hall–Kier alpha value is -2.90. The van der Waals surface area contributed by atoms with Crippen molar-refractivity contribution in [2.24, 2.45) is 0 Å². The minimum absolute atomic E-state index is 0.0256. The van der Waals surface area contributed by atoms with E-state index in [-0.39, 0.29) is 17.3 Å². The van der Waals surface area contributed by atoms with Gasteiger partial charge in [0.25, 0.3) is 0 Å². The standard InChI is InChI=1S/C16H11Cl2N5O2/c17-10-4-3-5-11(8-10)21-15-14(23(24)25)16(20-9-19-15)22-13-7-2-1-6-12(13)18/h1-9H,(H2,19,20,21,22). The van der Waals surface area contributed by atoms with Crippen LogP contribution in [0.25, 0.3) is 0 Å². The van der Waals surface area contributed by atoms with Crippen LogP contribution in [0.3, 0.4) is 0 Å². The third-order valence-electron chi connectivity index (χ3n) is 3.22. The molecule has 0 fully saturated rings. The van der Waals surface area contributed by atoms with E-state index in [0.717, 1.165) is 0 Å². The van der Waals surface area contributed by atoms with E-state index in [1.165, 1.54) is 6.33 Å². The number of aromatic nitrogens is 2. The smallest absolute Gasteiger partial charge is 0.334 e. The Labute approximate surface area is 152 Å². The van der Waals surface area contributed by atoms with Crippen molar-refractivity contribution in [2.45, 2.75) is 0 Å². The van der Waals surface area contributed by atoms with Gasteiger partial charge in [0.15, 0.2) is 0 Å². The zero-order valence-corrected chi connectivity index (χ0v) is 14.1. The molecule has 0 aliphatic heterocycles. The maximum absolute atomic E-state index is 11.6. The summed E-state index contributed by atoms with van der Waals surface area (Å²) in [4.78, 5) is 18.9. The Kier molecular flexibility index (Phi) is 4.97. The van der Waals surface area contributed by atoms with Crippen LogP contribution in [-0.4, -0.2) is 14.9 Å². The van der Waals surface area contributed by atoms with Crippen molar-refractivity contribution < 1.29 is 4.92 Å². The first-order valence-electron chi connectivity index (χ1n) is 7.08. The maximum Gasteiger partial charge on any atom is 0.353 e. The third kappa shape index (κ3) is 3.96. The van der Waals surface area contributed by atoms with Crippen molar-refractivity contribution >= 4 is 51.9 Å². The Morgan fingerprint density at radius 2 is 1.68 bits per heavy atom.